The number of amides is 1. The Balaban J connectivity index is 2.47. The fourth-order valence-electron chi connectivity index (χ4n) is 0.886. The van der Waals surface area contributed by atoms with E-state index < -0.39 is 6.09 Å². The fourth-order valence-corrected chi connectivity index (χ4v) is 1.50. The van der Waals surface area contributed by atoms with E-state index in [9.17, 15) is 4.79 Å². The van der Waals surface area contributed by atoms with E-state index in [2.05, 4.69) is 21.2 Å². The second-order valence-electron chi connectivity index (χ2n) is 2.11. The van der Waals surface area contributed by atoms with Crippen molar-refractivity contribution in [2.75, 3.05) is 19.6 Å². The summed E-state index contributed by atoms with van der Waals surface area (Å²) in [5.41, 5.74) is 0. The normalized spacial score (nSPS) is 26.5. The Labute approximate surface area is 67.3 Å². The van der Waals surface area contributed by atoms with Gasteiger partial charge in [-0.2, -0.15) is 0 Å². The summed E-state index contributed by atoms with van der Waals surface area (Å²) in [7, 11) is 0. The molecule has 4 nitrogen and oxygen atoms in total. The number of piperazine rings is 1. The van der Waals surface area contributed by atoms with Crippen LogP contribution in [0.15, 0.2) is 0 Å². The third-order valence-electron chi connectivity index (χ3n) is 1.43. The lowest BCUT2D eigenvalue weighted by Crippen LogP contribution is -2.50. The van der Waals surface area contributed by atoms with E-state index in [4.69, 9.17) is 5.11 Å². The molecule has 1 aliphatic heterocycles. The molecular formula is C5H9BrN2O2. The van der Waals surface area contributed by atoms with Gasteiger partial charge in [-0.15, -0.1) is 0 Å². The molecule has 5 heteroatoms. The largest absolute Gasteiger partial charge is 0.465 e. The van der Waals surface area contributed by atoms with Gasteiger partial charge in [0.25, 0.3) is 0 Å². The SMILES string of the molecule is O=C(O)N1CCNCC1Br. The first kappa shape index (κ1) is 7.81. The van der Waals surface area contributed by atoms with Gasteiger partial charge in [0.2, 0.25) is 0 Å². The van der Waals surface area contributed by atoms with Gasteiger partial charge in [0.15, 0.2) is 0 Å². The number of rotatable bonds is 0. The van der Waals surface area contributed by atoms with Crippen LogP contribution in [0, 0.1) is 0 Å². The number of carboxylic acid groups (broad SMARTS) is 1. The molecule has 58 valence electrons. The molecule has 10 heavy (non-hydrogen) atoms. The first-order valence-electron chi connectivity index (χ1n) is 3.06. The van der Waals surface area contributed by atoms with Crippen molar-refractivity contribution in [3.8, 4) is 0 Å². The first-order chi connectivity index (χ1) is 4.72. The van der Waals surface area contributed by atoms with Crippen LogP contribution in [0.3, 0.4) is 0 Å². The molecule has 1 fully saturated rings. The number of hydrogen-bond donors (Lipinski definition) is 2. The Morgan fingerprint density at radius 1 is 1.80 bits per heavy atom. The highest BCUT2D eigenvalue weighted by Crippen LogP contribution is 2.08. The smallest absolute Gasteiger partial charge is 0.408 e. The summed E-state index contributed by atoms with van der Waals surface area (Å²) in [6, 6.07) is 0. The molecule has 1 amide bonds. The topological polar surface area (TPSA) is 52.6 Å². The van der Waals surface area contributed by atoms with Gasteiger partial charge in [0.05, 0.1) is 0 Å². The molecule has 2 N–H and O–H groups in total. The molecule has 1 rings (SSSR count). The summed E-state index contributed by atoms with van der Waals surface area (Å²) >= 11 is 3.24. The van der Waals surface area contributed by atoms with Crippen LogP contribution in [-0.2, 0) is 0 Å². The average molecular weight is 209 g/mol. The van der Waals surface area contributed by atoms with E-state index in [1.54, 1.807) is 0 Å². The van der Waals surface area contributed by atoms with Gasteiger partial charge >= 0.3 is 6.09 Å². The van der Waals surface area contributed by atoms with Crippen molar-refractivity contribution in [2.45, 2.75) is 4.95 Å². The minimum absolute atomic E-state index is 0.0706. The summed E-state index contributed by atoms with van der Waals surface area (Å²) in [6.45, 7) is 1.99. The van der Waals surface area contributed by atoms with Gasteiger partial charge in [-0.25, -0.2) is 4.79 Å². The minimum Gasteiger partial charge on any atom is -0.465 e. The monoisotopic (exact) mass is 208 g/mol. The maximum Gasteiger partial charge on any atom is 0.408 e. The van der Waals surface area contributed by atoms with E-state index in [1.807, 2.05) is 0 Å². The van der Waals surface area contributed by atoms with Crippen LogP contribution in [0.4, 0.5) is 4.79 Å². The summed E-state index contributed by atoms with van der Waals surface area (Å²) in [4.78, 5) is 11.7. The zero-order chi connectivity index (χ0) is 7.56. The van der Waals surface area contributed by atoms with Crippen LogP contribution in [0.2, 0.25) is 0 Å². The molecule has 0 aromatic carbocycles. The number of hydrogen-bond acceptors (Lipinski definition) is 2. The molecule has 0 saturated carbocycles. The van der Waals surface area contributed by atoms with Gasteiger partial charge < -0.3 is 10.4 Å². The molecule has 1 unspecified atom stereocenters. The van der Waals surface area contributed by atoms with Crippen molar-refractivity contribution in [3.63, 3.8) is 0 Å². The zero-order valence-electron chi connectivity index (χ0n) is 5.38. The molecule has 0 aromatic heterocycles. The van der Waals surface area contributed by atoms with Crippen molar-refractivity contribution in [3.05, 3.63) is 0 Å². The van der Waals surface area contributed by atoms with Gasteiger partial charge in [0.1, 0.15) is 4.95 Å². The Kier molecular flexibility index (Phi) is 2.50. The molecule has 1 saturated heterocycles. The summed E-state index contributed by atoms with van der Waals surface area (Å²) in [6.07, 6.45) is -0.858. The van der Waals surface area contributed by atoms with Crippen LogP contribution < -0.4 is 5.32 Å². The molecule has 0 aromatic rings. The van der Waals surface area contributed by atoms with Gasteiger partial charge in [-0.3, -0.25) is 4.90 Å². The maximum absolute atomic E-state index is 10.4. The molecule has 0 spiro atoms. The Hall–Kier alpha value is -0.290. The highest BCUT2D eigenvalue weighted by molar-refractivity contribution is 9.09. The Bertz CT molecular complexity index is 142. The lowest BCUT2D eigenvalue weighted by molar-refractivity contribution is 0.134. The Morgan fingerprint density at radius 3 is 2.90 bits per heavy atom. The third kappa shape index (κ3) is 1.60. The van der Waals surface area contributed by atoms with E-state index >= 15 is 0 Å². The quantitative estimate of drug-likeness (QED) is 0.445. The van der Waals surface area contributed by atoms with E-state index in [-0.39, 0.29) is 4.95 Å². The highest BCUT2D eigenvalue weighted by atomic mass is 79.9. The molecule has 0 aliphatic carbocycles. The lowest BCUT2D eigenvalue weighted by Gasteiger charge is -2.29. The lowest BCUT2D eigenvalue weighted by atomic mass is 10.4. The van der Waals surface area contributed by atoms with E-state index in [0.717, 1.165) is 6.54 Å². The fraction of sp³-hybridized carbons (Fsp3) is 0.800. The van der Waals surface area contributed by atoms with Crippen LogP contribution in [0.1, 0.15) is 0 Å². The molecule has 1 aliphatic rings. The highest BCUT2D eigenvalue weighted by Gasteiger charge is 2.22. The molecule has 0 bridgehead atoms. The summed E-state index contributed by atoms with van der Waals surface area (Å²) < 4.78 is 0. The third-order valence-corrected chi connectivity index (χ3v) is 2.24. The van der Waals surface area contributed by atoms with Gasteiger partial charge in [-0.1, -0.05) is 15.9 Å². The zero-order valence-corrected chi connectivity index (χ0v) is 6.97. The summed E-state index contributed by atoms with van der Waals surface area (Å²) in [5, 5.41) is 11.6. The van der Waals surface area contributed by atoms with Crippen molar-refractivity contribution >= 4 is 22.0 Å². The predicted molar refractivity (Wildman–Crippen MR) is 40.3 cm³/mol. The van der Waals surface area contributed by atoms with Crippen molar-refractivity contribution in [1.29, 1.82) is 0 Å². The van der Waals surface area contributed by atoms with Crippen molar-refractivity contribution < 1.29 is 9.90 Å². The van der Waals surface area contributed by atoms with E-state index in [0.29, 0.717) is 13.1 Å². The number of alkyl halides is 1. The number of nitrogens with zero attached hydrogens (tertiary/aromatic N) is 1. The molecule has 1 atom stereocenters. The van der Waals surface area contributed by atoms with Crippen LogP contribution in [0.5, 0.6) is 0 Å². The number of nitrogens with one attached hydrogen (secondary N) is 1. The molecule has 0 radical (unpaired) electrons. The number of carbonyl (C=O) groups is 1. The Morgan fingerprint density at radius 2 is 2.50 bits per heavy atom. The second kappa shape index (κ2) is 3.21. The standard InChI is InChI=1S/C5H9BrN2O2/c6-4-3-7-1-2-8(4)5(9)10/h4,7H,1-3H2,(H,9,10). The molecule has 1 heterocycles. The van der Waals surface area contributed by atoms with Crippen molar-refractivity contribution in [1.82, 2.24) is 10.2 Å². The minimum atomic E-state index is -0.858. The van der Waals surface area contributed by atoms with Gasteiger partial charge in [0, 0.05) is 19.6 Å². The second-order valence-corrected chi connectivity index (χ2v) is 3.17. The van der Waals surface area contributed by atoms with Gasteiger partial charge in [-0.05, 0) is 0 Å². The van der Waals surface area contributed by atoms with Crippen LogP contribution in [0.25, 0.3) is 0 Å². The predicted octanol–water partition coefficient (Wildman–Crippen LogP) is 0.291. The molecular weight excluding hydrogens is 200 g/mol. The first-order valence-corrected chi connectivity index (χ1v) is 3.98. The maximum atomic E-state index is 10.4. The van der Waals surface area contributed by atoms with Crippen LogP contribution in [-0.4, -0.2) is 40.7 Å². The number of halogens is 1. The van der Waals surface area contributed by atoms with Crippen LogP contribution >= 0.6 is 15.9 Å². The average Bonchev–Trinajstić information content (AvgIpc) is 1.88. The summed E-state index contributed by atoms with van der Waals surface area (Å²) in [5.74, 6) is 0. The van der Waals surface area contributed by atoms with E-state index in [1.165, 1.54) is 4.90 Å². The van der Waals surface area contributed by atoms with Crippen molar-refractivity contribution in [2.24, 2.45) is 0 Å².